The van der Waals surface area contributed by atoms with Gasteiger partial charge in [0.1, 0.15) is 0 Å². The van der Waals surface area contributed by atoms with E-state index in [9.17, 15) is 0 Å². The average molecular weight is 451 g/mol. The molecule has 4 aromatic heterocycles. The molecule has 0 aliphatic rings. The van der Waals surface area contributed by atoms with Crippen LogP contribution in [0.2, 0.25) is 0 Å². The monoisotopic (exact) mass is 450 g/mol. The molecule has 0 N–H and O–H groups in total. The highest BCUT2D eigenvalue weighted by Crippen LogP contribution is 2.46. The fourth-order valence-corrected chi connectivity index (χ4v) is 7.75. The SMILES string of the molecule is Cn1c2cccc3c4cccc5c6c7sc8ccccc8c7ccc6n(c6cccc1c6c32)c45. The predicted molar refractivity (Wildman–Crippen MR) is 148 cm³/mol. The minimum atomic E-state index is 1.28. The first-order chi connectivity index (χ1) is 16.8. The van der Waals surface area contributed by atoms with Gasteiger partial charge in [-0.3, -0.25) is 0 Å². The fourth-order valence-electron chi connectivity index (χ4n) is 6.49. The van der Waals surface area contributed by atoms with E-state index in [0.29, 0.717) is 0 Å². The molecule has 5 aromatic carbocycles. The van der Waals surface area contributed by atoms with Crippen molar-refractivity contribution in [3.05, 3.63) is 91.0 Å². The van der Waals surface area contributed by atoms with Gasteiger partial charge >= 0.3 is 0 Å². The van der Waals surface area contributed by atoms with Gasteiger partial charge in [-0.15, -0.1) is 11.3 Å². The van der Waals surface area contributed by atoms with Crippen LogP contribution in [0.15, 0.2) is 91.0 Å². The van der Waals surface area contributed by atoms with Gasteiger partial charge in [0.15, 0.2) is 0 Å². The number of hydrogen-bond acceptors (Lipinski definition) is 1. The molecule has 9 aromatic rings. The van der Waals surface area contributed by atoms with Gasteiger partial charge in [0, 0.05) is 59.7 Å². The minimum absolute atomic E-state index is 1.28. The second-order valence-corrected chi connectivity index (χ2v) is 10.5. The Labute approximate surface area is 198 Å². The van der Waals surface area contributed by atoms with Crippen molar-refractivity contribution in [1.82, 2.24) is 8.97 Å². The number of fused-ring (bicyclic) bond motifs is 9. The smallest absolute Gasteiger partial charge is 0.0620 e. The van der Waals surface area contributed by atoms with Crippen molar-refractivity contribution in [3.8, 4) is 0 Å². The second-order valence-electron chi connectivity index (χ2n) is 9.40. The molecule has 0 radical (unpaired) electrons. The topological polar surface area (TPSA) is 9.34 Å². The predicted octanol–water partition coefficient (Wildman–Crippen LogP) is 8.85. The molecule has 0 spiro atoms. The Balaban J connectivity index is 1.71. The molecule has 2 nitrogen and oxygen atoms in total. The molecule has 158 valence electrons. The van der Waals surface area contributed by atoms with Crippen LogP contribution in [0.25, 0.3) is 80.1 Å². The first kappa shape index (κ1) is 17.4. The maximum absolute atomic E-state index is 2.53. The summed E-state index contributed by atoms with van der Waals surface area (Å²) in [5, 5.41) is 10.8. The molecule has 0 saturated heterocycles. The van der Waals surface area contributed by atoms with E-state index in [1.165, 1.54) is 80.1 Å². The van der Waals surface area contributed by atoms with Crippen molar-refractivity contribution in [2.75, 3.05) is 0 Å². The lowest BCUT2D eigenvalue weighted by molar-refractivity contribution is 1.01. The van der Waals surface area contributed by atoms with Crippen LogP contribution in [0.1, 0.15) is 0 Å². The highest BCUT2D eigenvalue weighted by molar-refractivity contribution is 7.26. The number of benzene rings is 5. The highest BCUT2D eigenvalue weighted by Gasteiger charge is 2.21. The first-order valence-corrected chi connectivity index (χ1v) is 12.5. The van der Waals surface area contributed by atoms with E-state index >= 15 is 0 Å². The molecule has 0 aliphatic carbocycles. The van der Waals surface area contributed by atoms with E-state index in [2.05, 4.69) is 107 Å². The van der Waals surface area contributed by atoms with Gasteiger partial charge in [-0.05, 0) is 35.7 Å². The Bertz CT molecular complexity index is 2290. The third-order valence-corrected chi connectivity index (χ3v) is 9.07. The van der Waals surface area contributed by atoms with Crippen LogP contribution in [0.5, 0.6) is 0 Å². The lowest BCUT2D eigenvalue weighted by atomic mass is 10.0. The van der Waals surface area contributed by atoms with E-state index in [1.807, 2.05) is 11.3 Å². The average Bonchev–Trinajstić information content (AvgIpc) is 3.49. The molecule has 0 atom stereocenters. The Kier molecular flexibility index (Phi) is 2.91. The Morgan fingerprint density at radius 1 is 0.500 bits per heavy atom. The Hall–Kier alpha value is -4.08. The molecule has 0 fully saturated rings. The molecule has 3 heteroatoms. The number of aromatic nitrogens is 2. The van der Waals surface area contributed by atoms with E-state index in [0.717, 1.165) is 0 Å². The van der Waals surface area contributed by atoms with Crippen molar-refractivity contribution in [3.63, 3.8) is 0 Å². The van der Waals surface area contributed by atoms with Gasteiger partial charge in [0.25, 0.3) is 0 Å². The number of nitrogens with zero attached hydrogens (tertiary/aromatic N) is 2. The summed E-state index contributed by atoms with van der Waals surface area (Å²) in [7, 11) is 2.19. The van der Waals surface area contributed by atoms with E-state index in [1.54, 1.807) is 0 Å². The molecule has 0 amide bonds. The lowest BCUT2D eigenvalue weighted by Crippen LogP contribution is -1.88. The molecular weight excluding hydrogens is 432 g/mol. The van der Waals surface area contributed by atoms with Crippen molar-refractivity contribution >= 4 is 91.4 Å². The zero-order valence-electron chi connectivity index (χ0n) is 18.5. The molecule has 0 saturated carbocycles. The lowest BCUT2D eigenvalue weighted by Gasteiger charge is -2.03. The number of para-hydroxylation sites is 1. The zero-order valence-corrected chi connectivity index (χ0v) is 19.3. The van der Waals surface area contributed by atoms with Crippen LogP contribution in [0.4, 0.5) is 0 Å². The van der Waals surface area contributed by atoms with Crippen LogP contribution in [-0.2, 0) is 7.05 Å². The third kappa shape index (κ3) is 1.80. The molecule has 0 aliphatic heterocycles. The maximum atomic E-state index is 2.53. The fraction of sp³-hybridized carbons (Fsp3) is 0.0323. The molecular formula is C31H18N2S. The van der Waals surface area contributed by atoms with Crippen molar-refractivity contribution in [2.45, 2.75) is 0 Å². The van der Waals surface area contributed by atoms with Crippen molar-refractivity contribution < 1.29 is 0 Å². The molecule has 0 bridgehead atoms. The van der Waals surface area contributed by atoms with Gasteiger partial charge in [0.05, 0.1) is 22.1 Å². The summed E-state index contributed by atoms with van der Waals surface area (Å²) in [5.41, 5.74) is 6.46. The van der Waals surface area contributed by atoms with Gasteiger partial charge in [0.2, 0.25) is 0 Å². The number of aryl methyl sites for hydroxylation is 1. The highest BCUT2D eigenvalue weighted by atomic mass is 32.1. The van der Waals surface area contributed by atoms with E-state index in [-0.39, 0.29) is 0 Å². The Morgan fingerprint density at radius 2 is 1.18 bits per heavy atom. The quantitative estimate of drug-likeness (QED) is 0.218. The summed E-state index contributed by atoms with van der Waals surface area (Å²) in [6, 6.07) is 33.9. The van der Waals surface area contributed by atoms with Crippen LogP contribution in [0.3, 0.4) is 0 Å². The van der Waals surface area contributed by atoms with Gasteiger partial charge in [-0.25, -0.2) is 0 Å². The number of rotatable bonds is 0. The summed E-state index contributed by atoms with van der Waals surface area (Å²) < 4.78 is 7.62. The van der Waals surface area contributed by atoms with E-state index < -0.39 is 0 Å². The summed E-state index contributed by atoms with van der Waals surface area (Å²) in [6.07, 6.45) is 0. The first-order valence-electron chi connectivity index (χ1n) is 11.7. The van der Waals surface area contributed by atoms with Crippen LogP contribution in [0, 0.1) is 0 Å². The van der Waals surface area contributed by atoms with Crippen LogP contribution < -0.4 is 0 Å². The zero-order chi connectivity index (χ0) is 22.1. The van der Waals surface area contributed by atoms with Crippen molar-refractivity contribution in [2.24, 2.45) is 7.05 Å². The summed E-state index contributed by atoms with van der Waals surface area (Å²) >= 11 is 1.92. The molecule has 9 rings (SSSR count). The van der Waals surface area contributed by atoms with Gasteiger partial charge < -0.3 is 8.97 Å². The summed E-state index contributed by atoms with van der Waals surface area (Å²) in [5.74, 6) is 0. The van der Waals surface area contributed by atoms with Crippen LogP contribution >= 0.6 is 11.3 Å². The van der Waals surface area contributed by atoms with E-state index in [4.69, 9.17) is 0 Å². The Morgan fingerprint density at radius 3 is 2.12 bits per heavy atom. The van der Waals surface area contributed by atoms with Gasteiger partial charge in [-0.1, -0.05) is 60.7 Å². The number of thiophene rings is 1. The normalized spacial score (nSPS) is 12.9. The summed E-state index contributed by atoms with van der Waals surface area (Å²) in [6.45, 7) is 0. The minimum Gasteiger partial charge on any atom is -0.344 e. The van der Waals surface area contributed by atoms with Gasteiger partial charge in [-0.2, -0.15) is 0 Å². The maximum Gasteiger partial charge on any atom is 0.0620 e. The molecule has 34 heavy (non-hydrogen) atoms. The molecule has 4 heterocycles. The molecule has 0 unspecified atom stereocenters. The standard InChI is InChI=1S/C31H18N2S/c1-32-22-11-5-8-18-19-9-4-10-21-28-25(16-15-20-17-7-2-3-14-26(17)34-31(20)28)33(30(19)21)24-13-6-12-23(32)29(24)27(18)22/h2-16H,1H3. The third-order valence-electron chi connectivity index (χ3n) is 7.86. The number of hydrogen-bond donors (Lipinski definition) is 0. The second kappa shape index (κ2) is 5.69. The largest absolute Gasteiger partial charge is 0.344 e. The van der Waals surface area contributed by atoms with Crippen LogP contribution in [-0.4, -0.2) is 8.97 Å². The summed E-state index contributed by atoms with van der Waals surface area (Å²) in [4.78, 5) is 0. The van der Waals surface area contributed by atoms with Crippen molar-refractivity contribution in [1.29, 1.82) is 0 Å².